The van der Waals surface area contributed by atoms with Gasteiger partial charge < -0.3 is 15.2 Å². The molecule has 0 saturated heterocycles. The maximum Gasteiger partial charge on any atom is 0.339 e. The van der Waals surface area contributed by atoms with Gasteiger partial charge in [0.15, 0.2) is 0 Å². The maximum absolute atomic E-state index is 11.5. The average molecular weight is 263 g/mol. The number of anilines is 1. The van der Waals surface area contributed by atoms with Crippen LogP contribution in [0, 0.1) is 6.92 Å². The van der Waals surface area contributed by atoms with E-state index in [-0.39, 0.29) is 11.3 Å². The number of aliphatic carboxylic acids is 1. The molecule has 1 aromatic rings. The Morgan fingerprint density at radius 3 is 2.53 bits per heavy atom. The van der Waals surface area contributed by atoms with Crippen molar-refractivity contribution < 1.29 is 24.2 Å². The Labute approximate surface area is 109 Å². The molecule has 0 heterocycles. The van der Waals surface area contributed by atoms with E-state index < -0.39 is 17.8 Å². The minimum Gasteiger partial charge on any atom is -0.478 e. The second-order valence-corrected chi connectivity index (χ2v) is 3.70. The number of methoxy groups -OCH3 is 1. The lowest BCUT2D eigenvalue weighted by Crippen LogP contribution is -2.13. The molecular formula is C13H13NO5. The summed E-state index contributed by atoms with van der Waals surface area (Å²) in [6.07, 6.45) is 1.57. The molecular weight excluding hydrogens is 250 g/mol. The van der Waals surface area contributed by atoms with Crippen molar-refractivity contribution in [3.8, 4) is 0 Å². The number of esters is 1. The third-order valence-electron chi connectivity index (χ3n) is 2.22. The van der Waals surface area contributed by atoms with Crippen molar-refractivity contribution in [3.05, 3.63) is 41.5 Å². The quantitative estimate of drug-likeness (QED) is 0.632. The first-order valence-corrected chi connectivity index (χ1v) is 5.35. The monoisotopic (exact) mass is 263 g/mol. The second kappa shape index (κ2) is 6.34. The van der Waals surface area contributed by atoms with Gasteiger partial charge in [-0.3, -0.25) is 4.79 Å². The normalized spacial score (nSPS) is 10.2. The summed E-state index contributed by atoms with van der Waals surface area (Å²) in [6, 6.07) is 4.83. The molecule has 0 spiro atoms. The molecule has 2 N–H and O–H groups in total. The van der Waals surface area contributed by atoms with Gasteiger partial charge in [0.2, 0.25) is 5.91 Å². The first-order valence-electron chi connectivity index (χ1n) is 5.35. The van der Waals surface area contributed by atoms with Crippen LogP contribution in [0.25, 0.3) is 0 Å². The lowest BCUT2D eigenvalue weighted by Gasteiger charge is -2.09. The molecule has 1 amide bonds. The van der Waals surface area contributed by atoms with Crippen LogP contribution in [0.2, 0.25) is 0 Å². The lowest BCUT2D eigenvalue weighted by atomic mass is 10.1. The number of amides is 1. The summed E-state index contributed by atoms with van der Waals surface area (Å²) < 4.78 is 4.61. The van der Waals surface area contributed by atoms with Crippen molar-refractivity contribution in [2.75, 3.05) is 12.4 Å². The van der Waals surface area contributed by atoms with Crippen LogP contribution in [0.4, 0.5) is 5.69 Å². The molecule has 0 aliphatic rings. The summed E-state index contributed by atoms with van der Waals surface area (Å²) in [5.41, 5.74) is 1.30. The van der Waals surface area contributed by atoms with Gasteiger partial charge in [-0.15, -0.1) is 0 Å². The fraction of sp³-hybridized carbons (Fsp3) is 0.154. The minimum absolute atomic E-state index is 0.208. The highest BCUT2D eigenvalue weighted by molar-refractivity contribution is 6.06. The van der Waals surface area contributed by atoms with Crippen LogP contribution in [-0.2, 0) is 14.3 Å². The van der Waals surface area contributed by atoms with E-state index in [9.17, 15) is 14.4 Å². The van der Waals surface area contributed by atoms with Crippen LogP contribution in [0.5, 0.6) is 0 Å². The van der Waals surface area contributed by atoms with E-state index in [1.165, 1.54) is 7.11 Å². The fourth-order valence-electron chi connectivity index (χ4n) is 1.37. The van der Waals surface area contributed by atoms with E-state index in [2.05, 4.69) is 10.1 Å². The molecule has 100 valence electrons. The van der Waals surface area contributed by atoms with Crippen molar-refractivity contribution in [2.45, 2.75) is 6.92 Å². The number of aryl methyl sites for hydroxylation is 1. The Morgan fingerprint density at radius 1 is 1.26 bits per heavy atom. The van der Waals surface area contributed by atoms with E-state index in [0.717, 1.165) is 11.6 Å². The molecule has 6 heteroatoms. The Morgan fingerprint density at radius 2 is 1.95 bits per heavy atom. The molecule has 6 nitrogen and oxygen atoms in total. The Hall–Kier alpha value is -2.63. The third kappa shape index (κ3) is 4.27. The smallest absolute Gasteiger partial charge is 0.339 e. The highest BCUT2D eigenvalue weighted by Crippen LogP contribution is 2.18. The molecule has 0 fully saturated rings. The van der Waals surface area contributed by atoms with Crippen LogP contribution < -0.4 is 5.32 Å². The van der Waals surface area contributed by atoms with E-state index in [4.69, 9.17) is 5.11 Å². The first kappa shape index (κ1) is 14.4. The van der Waals surface area contributed by atoms with Crippen molar-refractivity contribution >= 4 is 23.5 Å². The van der Waals surface area contributed by atoms with E-state index in [0.29, 0.717) is 6.08 Å². The summed E-state index contributed by atoms with van der Waals surface area (Å²) in [7, 11) is 1.24. The number of hydrogen-bond acceptors (Lipinski definition) is 4. The fourth-order valence-corrected chi connectivity index (χ4v) is 1.37. The first-order chi connectivity index (χ1) is 8.93. The summed E-state index contributed by atoms with van der Waals surface area (Å²) in [4.78, 5) is 33.3. The van der Waals surface area contributed by atoms with Gasteiger partial charge in [0.05, 0.1) is 18.4 Å². The van der Waals surface area contributed by atoms with Crippen LogP contribution in [0.3, 0.4) is 0 Å². The van der Waals surface area contributed by atoms with E-state index in [1.54, 1.807) is 25.1 Å². The standard InChI is InChI=1S/C13H13NO5/c1-8-3-4-10(9(7-8)13(18)19-2)14-11(15)5-6-12(16)17/h3-7H,1-2H3,(H,14,15)(H,16,17)/b6-5+. The number of carboxylic acids is 1. The van der Waals surface area contributed by atoms with Gasteiger partial charge in [-0.1, -0.05) is 11.6 Å². The highest BCUT2D eigenvalue weighted by Gasteiger charge is 2.13. The molecule has 0 unspecified atom stereocenters. The predicted molar refractivity (Wildman–Crippen MR) is 67.9 cm³/mol. The van der Waals surface area contributed by atoms with Gasteiger partial charge >= 0.3 is 11.9 Å². The van der Waals surface area contributed by atoms with Gasteiger partial charge in [-0.25, -0.2) is 9.59 Å². The number of nitrogens with one attached hydrogen (secondary N) is 1. The van der Waals surface area contributed by atoms with Crippen molar-refractivity contribution in [1.82, 2.24) is 0 Å². The molecule has 0 radical (unpaired) electrons. The molecule has 0 aliphatic carbocycles. The van der Waals surface area contributed by atoms with Crippen LogP contribution in [0.1, 0.15) is 15.9 Å². The van der Waals surface area contributed by atoms with Gasteiger partial charge in [0.1, 0.15) is 0 Å². The molecule has 0 bridgehead atoms. The Kier molecular flexibility index (Phi) is 4.82. The molecule has 0 aliphatic heterocycles. The number of ether oxygens (including phenoxy) is 1. The molecule has 19 heavy (non-hydrogen) atoms. The predicted octanol–water partition coefficient (Wildman–Crippen LogP) is 1.36. The zero-order chi connectivity index (χ0) is 14.4. The number of carbonyl (C=O) groups is 3. The van der Waals surface area contributed by atoms with Crippen LogP contribution in [-0.4, -0.2) is 30.1 Å². The number of rotatable bonds is 4. The molecule has 0 atom stereocenters. The van der Waals surface area contributed by atoms with E-state index >= 15 is 0 Å². The van der Waals surface area contributed by atoms with Crippen LogP contribution >= 0.6 is 0 Å². The van der Waals surface area contributed by atoms with E-state index in [1.807, 2.05) is 0 Å². The van der Waals surface area contributed by atoms with Crippen molar-refractivity contribution in [3.63, 3.8) is 0 Å². The highest BCUT2D eigenvalue weighted by atomic mass is 16.5. The minimum atomic E-state index is -1.23. The maximum atomic E-state index is 11.5. The zero-order valence-electron chi connectivity index (χ0n) is 10.5. The third-order valence-corrected chi connectivity index (χ3v) is 2.22. The summed E-state index contributed by atoms with van der Waals surface area (Å²) in [5, 5.41) is 10.8. The van der Waals surface area contributed by atoms with Crippen LogP contribution in [0.15, 0.2) is 30.4 Å². The van der Waals surface area contributed by atoms with Gasteiger partial charge in [-0.2, -0.15) is 0 Å². The average Bonchev–Trinajstić information content (AvgIpc) is 2.37. The van der Waals surface area contributed by atoms with Gasteiger partial charge in [0, 0.05) is 12.2 Å². The Balaban J connectivity index is 2.98. The second-order valence-electron chi connectivity index (χ2n) is 3.70. The van der Waals surface area contributed by atoms with Gasteiger partial charge in [-0.05, 0) is 19.1 Å². The topological polar surface area (TPSA) is 92.7 Å². The molecule has 0 aromatic heterocycles. The summed E-state index contributed by atoms with van der Waals surface area (Å²) in [5.74, 6) is -2.45. The molecule has 1 rings (SSSR count). The number of benzene rings is 1. The Bertz CT molecular complexity index is 548. The molecule has 0 saturated carbocycles. The van der Waals surface area contributed by atoms with Crippen molar-refractivity contribution in [2.24, 2.45) is 0 Å². The number of carbonyl (C=O) groups excluding carboxylic acids is 2. The largest absolute Gasteiger partial charge is 0.478 e. The van der Waals surface area contributed by atoms with Gasteiger partial charge in [0.25, 0.3) is 0 Å². The molecule has 1 aromatic carbocycles. The van der Waals surface area contributed by atoms with Crippen molar-refractivity contribution in [1.29, 1.82) is 0 Å². The number of carboxylic acid groups (broad SMARTS) is 1. The zero-order valence-corrected chi connectivity index (χ0v) is 10.5. The lowest BCUT2D eigenvalue weighted by molar-refractivity contribution is -0.131. The summed E-state index contributed by atoms with van der Waals surface area (Å²) in [6.45, 7) is 1.79. The summed E-state index contributed by atoms with van der Waals surface area (Å²) >= 11 is 0. The SMILES string of the molecule is COC(=O)c1cc(C)ccc1NC(=O)/C=C/C(=O)O. The number of hydrogen-bond donors (Lipinski definition) is 2.